The number of benzene rings is 1. The highest BCUT2D eigenvalue weighted by Gasteiger charge is 2.34. The lowest BCUT2D eigenvalue weighted by Gasteiger charge is -2.15. The number of hydrogen-bond donors (Lipinski definition) is 2. The number of alkyl halides is 3. The molecule has 20 heavy (non-hydrogen) atoms. The van der Waals surface area contributed by atoms with Crippen molar-refractivity contribution in [3.05, 3.63) is 35.1 Å². The van der Waals surface area contributed by atoms with Crippen molar-refractivity contribution in [3.8, 4) is 0 Å². The van der Waals surface area contributed by atoms with Crippen molar-refractivity contribution >= 4 is 5.91 Å². The quantitative estimate of drug-likeness (QED) is 0.625. The first-order valence-corrected chi connectivity index (χ1v) is 6.13. The Balaban J connectivity index is 2.98. The Kier molecular flexibility index (Phi) is 5.50. The molecule has 0 aliphatic carbocycles. The van der Waals surface area contributed by atoms with Gasteiger partial charge in [-0.3, -0.25) is 4.79 Å². The molecule has 3 nitrogen and oxygen atoms in total. The molecular formula is C13H16F4N2O. The molecule has 1 aromatic rings. The molecule has 1 amide bonds. The van der Waals surface area contributed by atoms with Crippen molar-refractivity contribution in [2.24, 2.45) is 11.5 Å². The van der Waals surface area contributed by atoms with Crippen LogP contribution in [-0.2, 0) is 11.0 Å². The Morgan fingerprint density at radius 2 is 1.90 bits per heavy atom. The first kappa shape index (κ1) is 16.4. The Labute approximate surface area is 113 Å². The summed E-state index contributed by atoms with van der Waals surface area (Å²) in [6.07, 6.45) is -3.18. The summed E-state index contributed by atoms with van der Waals surface area (Å²) in [6, 6.07) is 2.44. The van der Waals surface area contributed by atoms with Gasteiger partial charge in [-0.1, -0.05) is 12.5 Å². The molecule has 0 saturated carbocycles. The maximum absolute atomic E-state index is 13.5. The minimum Gasteiger partial charge on any atom is -0.369 e. The number of amides is 1. The van der Waals surface area contributed by atoms with E-state index in [0.717, 1.165) is 12.1 Å². The van der Waals surface area contributed by atoms with E-state index >= 15 is 0 Å². The fourth-order valence-electron chi connectivity index (χ4n) is 1.94. The van der Waals surface area contributed by atoms with Gasteiger partial charge in [0.05, 0.1) is 11.5 Å². The molecule has 0 fully saturated rings. The van der Waals surface area contributed by atoms with Gasteiger partial charge in [0.15, 0.2) is 0 Å². The molecule has 0 spiro atoms. The zero-order valence-corrected chi connectivity index (χ0v) is 10.7. The number of primary amides is 1. The highest BCUT2D eigenvalue weighted by molar-refractivity contribution is 5.81. The van der Waals surface area contributed by atoms with Gasteiger partial charge in [-0.2, -0.15) is 13.2 Å². The minimum atomic E-state index is -4.76. The summed E-state index contributed by atoms with van der Waals surface area (Å²) in [5.74, 6) is -2.90. The van der Waals surface area contributed by atoms with Gasteiger partial charge in [0, 0.05) is 0 Å². The molecule has 0 bridgehead atoms. The zero-order valence-electron chi connectivity index (χ0n) is 10.7. The summed E-state index contributed by atoms with van der Waals surface area (Å²) in [5.41, 5.74) is 9.33. The Bertz CT molecular complexity index is 474. The largest absolute Gasteiger partial charge is 0.419 e. The van der Waals surface area contributed by atoms with Gasteiger partial charge < -0.3 is 11.5 Å². The average molecular weight is 292 g/mol. The number of carbonyl (C=O) groups is 1. The standard InChI is InChI=1S/C13H16F4N2O/c14-11-7-8(4-5-10(11)13(15,16)17)9(12(19)20)3-1-2-6-18/h4-5,7,9H,1-3,6,18H2,(H2,19,20)/t9-/m1/s1. The van der Waals surface area contributed by atoms with E-state index in [4.69, 9.17) is 11.5 Å². The van der Waals surface area contributed by atoms with Crippen LogP contribution in [0.2, 0.25) is 0 Å². The lowest BCUT2D eigenvalue weighted by Crippen LogP contribution is -2.22. The Morgan fingerprint density at radius 3 is 2.35 bits per heavy atom. The van der Waals surface area contributed by atoms with Crippen molar-refractivity contribution in [1.29, 1.82) is 0 Å². The predicted molar refractivity (Wildman–Crippen MR) is 66.2 cm³/mol. The first-order valence-electron chi connectivity index (χ1n) is 6.13. The van der Waals surface area contributed by atoms with E-state index in [2.05, 4.69) is 0 Å². The van der Waals surface area contributed by atoms with Gasteiger partial charge in [-0.15, -0.1) is 0 Å². The molecule has 7 heteroatoms. The van der Waals surface area contributed by atoms with Gasteiger partial charge in [0.2, 0.25) is 5.91 Å². The van der Waals surface area contributed by atoms with E-state index < -0.39 is 29.4 Å². The molecule has 0 heterocycles. The maximum Gasteiger partial charge on any atom is 0.419 e. The molecule has 0 radical (unpaired) electrons. The molecule has 1 rings (SSSR count). The summed E-state index contributed by atoms with van der Waals surface area (Å²) in [7, 11) is 0. The maximum atomic E-state index is 13.5. The third kappa shape index (κ3) is 4.19. The van der Waals surface area contributed by atoms with E-state index in [1.807, 2.05) is 0 Å². The van der Waals surface area contributed by atoms with Crippen LogP contribution < -0.4 is 11.5 Å². The fraction of sp³-hybridized carbons (Fsp3) is 0.462. The number of halogens is 4. The average Bonchev–Trinajstić information content (AvgIpc) is 2.32. The Hall–Kier alpha value is -1.63. The van der Waals surface area contributed by atoms with Crippen LogP contribution in [0.3, 0.4) is 0 Å². The number of unbranched alkanes of at least 4 members (excludes halogenated alkanes) is 1. The lowest BCUT2D eigenvalue weighted by molar-refractivity contribution is -0.140. The van der Waals surface area contributed by atoms with Gasteiger partial charge in [-0.25, -0.2) is 4.39 Å². The third-order valence-electron chi connectivity index (χ3n) is 2.99. The number of carbonyl (C=O) groups excluding carboxylic acids is 1. The third-order valence-corrected chi connectivity index (χ3v) is 2.99. The second-order valence-electron chi connectivity index (χ2n) is 4.48. The summed E-state index contributed by atoms with van der Waals surface area (Å²) in [6.45, 7) is 0.437. The number of nitrogens with two attached hydrogens (primary N) is 2. The second kappa shape index (κ2) is 6.69. The topological polar surface area (TPSA) is 69.1 Å². The van der Waals surface area contributed by atoms with E-state index in [-0.39, 0.29) is 5.56 Å². The fourth-order valence-corrected chi connectivity index (χ4v) is 1.94. The van der Waals surface area contributed by atoms with Gasteiger partial charge in [-0.05, 0) is 37.1 Å². The van der Waals surface area contributed by atoms with Crippen LogP contribution >= 0.6 is 0 Å². The molecule has 0 unspecified atom stereocenters. The summed E-state index contributed by atoms with van der Waals surface area (Å²) in [5, 5.41) is 0. The van der Waals surface area contributed by atoms with E-state index in [1.54, 1.807) is 0 Å². The second-order valence-corrected chi connectivity index (χ2v) is 4.48. The zero-order chi connectivity index (χ0) is 15.3. The molecule has 112 valence electrons. The van der Waals surface area contributed by atoms with E-state index in [0.29, 0.717) is 31.9 Å². The molecule has 1 atom stereocenters. The van der Waals surface area contributed by atoms with Crippen LogP contribution in [0, 0.1) is 5.82 Å². The first-order chi connectivity index (χ1) is 9.27. The van der Waals surface area contributed by atoms with Gasteiger partial charge >= 0.3 is 6.18 Å². The number of rotatable bonds is 6. The van der Waals surface area contributed by atoms with Crippen molar-refractivity contribution < 1.29 is 22.4 Å². The summed E-state index contributed by atoms with van der Waals surface area (Å²) in [4.78, 5) is 11.3. The molecule has 0 aliphatic rings. The van der Waals surface area contributed by atoms with Crippen LogP contribution in [0.4, 0.5) is 17.6 Å². The highest BCUT2D eigenvalue weighted by atomic mass is 19.4. The predicted octanol–water partition coefficient (Wildman–Crippen LogP) is 2.54. The van der Waals surface area contributed by atoms with Crippen molar-refractivity contribution in [3.63, 3.8) is 0 Å². The van der Waals surface area contributed by atoms with Crippen LogP contribution in [0.15, 0.2) is 18.2 Å². The van der Waals surface area contributed by atoms with Crippen LogP contribution in [0.25, 0.3) is 0 Å². The van der Waals surface area contributed by atoms with Gasteiger partial charge in [0.25, 0.3) is 0 Å². The lowest BCUT2D eigenvalue weighted by atomic mass is 9.92. The number of hydrogen-bond acceptors (Lipinski definition) is 2. The SMILES string of the molecule is NCCCC[C@@H](C(N)=O)c1ccc(C(F)(F)F)c(F)c1. The molecule has 0 saturated heterocycles. The van der Waals surface area contributed by atoms with Crippen molar-refractivity contribution in [2.75, 3.05) is 6.54 Å². The summed E-state index contributed by atoms with van der Waals surface area (Å²) >= 11 is 0. The monoisotopic (exact) mass is 292 g/mol. The van der Waals surface area contributed by atoms with Crippen LogP contribution in [0.5, 0.6) is 0 Å². The highest BCUT2D eigenvalue weighted by Crippen LogP contribution is 2.33. The Morgan fingerprint density at radius 1 is 1.25 bits per heavy atom. The normalized spacial score (nSPS) is 13.2. The molecule has 1 aromatic carbocycles. The smallest absolute Gasteiger partial charge is 0.369 e. The molecule has 0 aromatic heterocycles. The molecular weight excluding hydrogens is 276 g/mol. The van der Waals surface area contributed by atoms with Gasteiger partial charge in [0.1, 0.15) is 5.82 Å². The molecule has 0 aliphatic heterocycles. The summed E-state index contributed by atoms with van der Waals surface area (Å²) < 4.78 is 50.8. The van der Waals surface area contributed by atoms with Crippen LogP contribution in [0.1, 0.15) is 36.3 Å². The van der Waals surface area contributed by atoms with Crippen LogP contribution in [-0.4, -0.2) is 12.5 Å². The van der Waals surface area contributed by atoms with Crippen molar-refractivity contribution in [2.45, 2.75) is 31.4 Å². The van der Waals surface area contributed by atoms with E-state index in [1.165, 1.54) is 0 Å². The minimum absolute atomic E-state index is 0.153. The molecule has 4 N–H and O–H groups in total. The van der Waals surface area contributed by atoms with E-state index in [9.17, 15) is 22.4 Å². The van der Waals surface area contributed by atoms with Crippen molar-refractivity contribution in [1.82, 2.24) is 0 Å².